The highest BCUT2D eigenvalue weighted by Gasteiger charge is 1.93. The highest BCUT2D eigenvalue weighted by Crippen LogP contribution is 2.07. The molecule has 0 N–H and O–H groups in total. The topological polar surface area (TPSA) is 39.2 Å². The standard InChI is InChI=1S/C8H9NO2.C7H16.C2H4/c1-7-3-2-4-8(9-7)11-6-5-10;1-4-6-7(3)5-2;1-2/h2-5H,6H2,1H3;7H,4-6H2,1-3H3;1-2H2. The molecule has 3 heteroatoms. The molecule has 0 aliphatic heterocycles. The molecule has 0 amide bonds. The third kappa shape index (κ3) is 12.8. The van der Waals surface area contributed by atoms with Gasteiger partial charge in [-0.05, 0) is 18.9 Å². The molecule has 0 saturated carbocycles. The van der Waals surface area contributed by atoms with E-state index in [0.717, 1.165) is 11.6 Å². The number of ether oxygens (including phenoxy) is 1. The van der Waals surface area contributed by atoms with Gasteiger partial charge in [0.15, 0.2) is 6.29 Å². The highest BCUT2D eigenvalue weighted by atomic mass is 16.5. The van der Waals surface area contributed by atoms with E-state index in [1.165, 1.54) is 19.3 Å². The van der Waals surface area contributed by atoms with E-state index >= 15 is 0 Å². The summed E-state index contributed by atoms with van der Waals surface area (Å²) in [6.45, 7) is 14.7. The Balaban J connectivity index is 0. The average Bonchev–Trinajstić information content (AvgIpc) is 2.48. The zero-order valence-corrected chi connectivity index (χ0v) is 13.4. The van der Waals surface area contributed by atoms with E-state index in [1.54, 1.807) is 6.07 Å². The first-order valence-corrected chi connectivity index (χ1v) is 7.14. The van der Waals surface area contributed by atoms with Gasteiger partial charge in [-0.1, -0.05) is 46.1 Å². The first-order valence-electron chi connectivity index (χ1n) is 7.14. The quantitative estimate of drug-likeness (QED) is 0.564. The molecule has 0 saturated heterocycles. The molecule has 0 fully saturated rings. The summed E-state index contributed by atoms with van der Waals surface area (Å²) in [5.41, 5.74) is 0.883. The zero-order valence-electron chi connectivity index (χ0n) is 13.4. The van der Waals surface area contributed by atoms with Gasteiger partial charge in [-0.25, -0.2) is 4.98 Å². The van der Waals surface area contributed by atoms with Crippen molar-refractivity contribution < 1.29 is 9.53 Å². The van der Waals surface area contributed by atoms with Crippen LogP contribution in [0.4, 0.5) is 0 Å². The van der Waals surface area contributed by atoms with E-state index < -0.39 is 0 Å². The van der Waals surface area contributed by atoms with Gasteiger partial charge < -0.3 is 4.74 Å². The van der Waals surface area contributed by atoms with Crippen molar-refractivity contribution >= 4 is 6.29 Å². The lowest BCUT2D eigenvalue weighted by Gasteiger charge is -2.02. The first kappa shape index (κ1) is 20.7. The predicted octanol–water partition coefficient (Wildman–Crippen LogP) is 4.60. The van der Waals surface area contributed by atoms with Crippen molar-refractivity contribution in [3.63, 3.8) is 0 Å². The van der Waals surface area contributed by atoms with Crippen molar-refractivity contribution in [2.24, 2.45) is 5.92 Å². The van der Waals surface area contributed by atoms with Crippen LogP contribution >= 0.6 is 0 Å². The van der Waals surface area contributed by atoms with Crippen LogP contribution in [0.2, 0.25) is 0 Å². The van der Waals surface area contributed by atoms with Gasteiger partial charge in [-0.15, -0.1) is 13.2 Å². The van der Waals surface area contributed by atoms with Crippen molar-refractivity contribution in [3.05, 3.63) is 37.1 Å². The van der Waals surface area contributed by atoms with Gasteiger partial charge in [0.05, 0.1) is 0 Å². The maximum absolute atomic E-state index is 9.91. The zero-order chi connectivity index (χ0) is 15.8. The summed E-state index contributed by atoms with van der Waals surface area (Å²) in [6, 6.07) is 5.42. The first-order chi connectivity index (χ1) is 9.63. The van der Waals surface area contributed by atoms with E-state index in [2.05, 4.69) is 38.9 Å². The molecule has 3 nitrogen and oxygen atoms in total. The SMILES string of the molecule is C=C.CCCC(C)CC.Cc1cccc(OCC=O)n1. The number of hydrogen-bond acceptors (Lipinski definition) is 3. The molecule has 20 heavy (non-hydrogen) atoms. The van der Waals surface area contributed by atoms with Crippen LogP contribution in [0.15, 0.2) is 31.4 Å². The van der Waals surface area contributed by atoms with Gasteiger partial charge >= 0.3 is 0 Å². The minimum Gasteiger partial charge on any atom is -0.470 e. The summed E-state index contributed by atoms with van der Waals surface area (Å²) in [5.74, 6) is 1.45. The normalized spacial score (nSPS) is 10.2. The van der Waals surface area contributed by atoms with Crippen molar-refractivity contribution in [1.82, 2.24) is 4.98 Å². The summed E-state index contributed by atoms with van der Waals surface area (Å²) >= 11 is 0. The minimum atomic E-state index is 0.0659. The van der Waals surface area contributed by atoms with Crippen LogP contribution in [0.25, 0.3) is 0 Å². The lowest BCUT2D eigenvalue weighted by molar-refractivity contribution is -0.109. The molecule has 1 rings (SSSR count). The maximum atomic E-state index is 9.91. The molecule has 0 radical (unpaired) electrons. The lowest BCUT2D eigenvalue weighted by Crippen LogP contribution is -1.99. The summed E-state index contributed by atoms with van der Waals surface area (Å²) in [4.78, 5) is 13.9. The number of rotatable bonds is 6. The number of carbonyl (C=O) groups is 1. The molecule has 1 aromatic heterocycles. The summed E-state index contributed by atoms with van der Waals surface area (Å²) in [6.07, 6.45) is 4.78. The second-order valence-electron chi connectivity index (χ2n) is 4.40. The summed E-state index contributed by atoms with van der Waals surface area (Å²) < 4.78 is 4.96. The van der Waals surface area contributed by atoms with Crippen LogP contribution < -0.4 is 4.74 Å². The molecular formula is C17H29NO2. The number of aryl methyl sites for hydroxylation is 1. The number of aromatic nitrogens is 1. The van der Waals surface area contributed by atoms with Crippen LogP contribution in [-0.2, 0) is 4.79 Å². The van der Waals surface area contributed by atoms with Gasteiger partial charge in [-0.3, -0.25) is 4.79 Å². The molecule has 0 aliphatic rings. The molecule has 1 atom stereocenters. The third-order valence-electron chi connectivity index (χ3n) is 2.64. The Hall–Kier alpha value is -1.64. The van der Waals surface area contributed by atoms with Crippen LogP contribution in [0.3, 0.4) is 0 Å². The van der Waals surface area contributed by atoms with Gasteiger partial charge in [-0.2, -0.15) is 0 Å². The van der Waals surface area contributed by atoms with Gasteiger partial charge in [0.2, 0.25) is 5.88 Å². The average molecular weight is 279 g/mol. The van der Waals surface area contributed by atoms with Gasteiger partial charge in [0, 0.05) is 11.8 Å². The smallest absolute Gasteiger partial charge is 0.213 e. The number of pyridine rings is 1. The number of carbonyl (C=O) groups excluding carboxylic acids is 1. The Morgan fingerprint density at radius 3 is 2.40 bits per heavy atom. The second kappa shape index (κ2) is 15.4. The molecule has 0 aliphatic carbocycles. The molecule has 1 heterocycles. The minimum absolute atomic E-state index is 0.0659. The van der Waals surface area contributed by atoms with E-state index in [1.807, 2.05) is 19.1 Å². The molecular weight excluding hydrogens is 250 g/mol. The maximum Gasteiger partial charge on any atom is 0.213 e. The fourth-order valence-corrected chi connectivity index (χ4v) is 1.41. The number of aldehydes is 1. The van der Waals surface area contributed by atoms with E-state index in [-0.39, 0.29) is 6.61 Å². The fourth-order valence-electron chi connectivity index (χ4n) is 1.41. The van der Waals surface area contributed by atoms with E-state index in [0.29, 0.717) is 12.2 Å². The third-order valence-corrected chi connectivity index (χ3v) is 2.64. The largest absolute Gasteiger partial charge is 0.470 e. The lowest BCUT2D eigenvalue weighted by atomic mass is 10.0. The van der Waals surface area contributed by atoms with E-state index in [9.17, 15) is 4.79 Å². The number of nitrogens with zero attached hydrogens (tertiary/aromatic N) is 1. The van der Waals surface area contributed by atoms with Gasteiger partial charge in [0.25, 0.3) is 0 Å². The summed E-state index contributed by atoms with van der Waals surface area (Å²) in [5, 5.41) is 0. The fraction of sp³-hybridized carbons (Fsp3) is 0.529. The van der Waals surface area contributed by atoms with Crippen LogP contribution in [0.1, 0.15) is 45.7 Å². The van der Waals surface area contributed by atoms with Crippen molar-refractivity contribution in [2.75, 3.05) is 6.61 Å². The monoisotopic (exact) mass is 279 g/mol. The van der Waals surface area contributed by atoms with Crippen LogP contribution in [0, 0.1) is 12.8 Å². The van der Waals surface area contributed by atoms with Crippen molar-refractivity contribution in [1.29, 1.82) is 0 Å². The van der Waals surface area contributed by atoms with Crippen molar-refractivity contribution in [2.45, 2.75) is 47.0 Å². The van der Waals surface area contributed by atoms with Crippen LogP contribution in [-0.4, -0.2) is 17.9 Å². The Morgan fingerprint density at radius 1 is 1.35 bits per heavy atom. The molecule has 0 aromatic carbocycles. The summed E-state index contributed by atoms with van der Waals surface area (Å²) in [7, 11) is 0. The molecule has 1 aromatic rings. The Kier molecular flexibility index (Phi) is 15.9. The molecule has 0 spiro atoms. The Bertz CT molecular complexity index is 340. The van der Waals surface area contributed by atoms with Gasteiger partial charge in [0.1, 0.15) is 6.61 Å². The van der Waals surface area contributed by atoms with Crippen molar-refractivity contribution in [3.8, 4) is 5.88 Å². The Morgan fingerprint density at radius 2 is 2.00 bits per heavy atom. The van der Waals surface area contributed by atoms with Crippen LogP contribution in [0.5, 0.6) is 5.88 Å². The molecule has 114 valence electrons. The highest BCUT2D eigenvalue weighted by molar-refractivity contribution is 5.51. The Labute approximate surface area is 124 Å². The van der Waals surface area contributed by atoms with E-state index in [4.69, 9.17) is 4.74 Å². The predicted molar refractivity (Wildman–Crippen MR) is 86.2 cm³/mol. The number of hydrogen-bond donors (Lipinski definition) is 0. The second-order valence-corrected chi connectivity index (χ2v) is 4.40. The molecule has 0 bridgehead atoms. The molecule has 1 unspecified atom stereocenters.